The van der Waals surface area contributed by atoms with Crippen molar-refractivity contribution >= 4 is 21.2 Å². The summed E-state index contributed by atoms with van der Waals surface area (Å²) in [6.45, 7) is 4.22. The van der Waals surface area contributed by atoms with Crippen LogP contribution < -0.4 is 0 Å². The van der Waals surface area contributed by atoms with E-state index in [-0.39, 0.29) is 19.6 Å². The van der Waals surface area contributed by atoms with Crippen molar-refractivity contribution in [3.63, 3.8) is 0 Å². The van der Waals surface area contributed by atoms with Gasteiger partial charge in [-0.1, -0.05) is 0 Å². The molecule has 0 heterocycles. The van der Waals surface area contributed by atoms with Gasteiger partial charge in [-0.2, -0.15) is 17.7 Å². The van der Waals surface area contributed by atoms with Crippen LogP contribution in [0.25, 0.3) is 0 Å². The van der Waals surface area contributed by atoms with E-state index < -0.39 is 7.68 Å². The van der Waals surface area contributed by atoms with Gasteiger partial charge in [-0.3, -0.25) is 4.57 Å². The smallest absolute Gasteiger partial charge is 0.303 e. The summed E-state index contributed by atoms with van der Waals surface area (Å²) >= 11 is 0. The Morgan fingerprint density at radius 3 is 1.89 bits per heavy atom. The van der Waals surface area contributed by atoms with E-state index in [0.29, 0.717) is 0 Å². The molecule has 0 spiro atoms. The molecule has 0 aromatic heterocycles. The summed E-state index contributed by atoms with van der Waals surface area (Å²) in [5.41, 5.74) is 0. The standard InChI is InChI=1S/C4H10FO2P.H2S/c1-4(2)7-8(3,5)6;/h4H,1-3H3;1H2. The first kappa shape index (κ1) is 12.2. The second-order valence-corrected chi connectivity index (χ2v) is 3.61. The lowest BCUT2D eigenvalue weighted by molar-refractivity contribution is 0.227. The second-order valence-electron chi connectivity index (χ2n) is 1.90. The molecule has 0 aromatic carbocycles. The number of halogens is 1. The monoisotopic (exact) mass is 174 g/mol. The third-order valence-corrected chi connectivity index (χ3v) is 1.20. The molecule has 0 bridgehead atoms. The van der Waals surface area contributed by atoms with Crippen LogP contribution in [0.5, 0.6) is 0 Å². The molecular formula is C4H12FO2PS. The molecule has 0 aromatic rings. The Labute approximate surface area is 61.8 Å². The van der Waals surface area contributed by atoms with E-state index in [1.165, 1.54) is 0 Å². The first-order chi connectivity index (χ1) is 3.42. The van der Waals surface area contributed by atoms with Gasteiger partial charge in [0.2, 0.25) is 0 Å². The molecular weight excluding hydrogens is 162 g/mol. The van der Waals surface area contributed by atoms with Crippen molar-refractivity contribution in [2.45, 2.75) is 20.0 Å². The minimum absolute atomic E-state index is 0. The maximum absolute atomic E-state index is 12.0. The third-order valence-electron chi connectivity index (χ3n) is 0.399. The van der Waals surface area contributed by atoms with Crippen molar-refractivity contribution in [3.05, 3.63) is 0 Å². The molecule has 2 nitrogen and oxygen atoms in total. The van der Waals surface area contributed by atoms with Crippen LogP contribution in [0, 0.1) is 0 Å². The highest BCUT2D eigenvalue weighted by Crippen LogP contribution is 2.44. The molecule has 58 valence electrons. The Morgan fingerprint density at radius 2 is 1.89 bits per heavy atom. The lowest BCUT2D eigenvalue weighted by Crippen LogP contribution is -1.96. The normalized spacial score (nSPS) is 16.6. The molecule has 0 rings (SSSR count). The van der Waals surface area contributed by atoms with Crippen LogP contribution in [0.3, 0.4) is 0 Å². The first-order valence-electron chi connectivity index (χ1n) is 2.37. The maximum Gasteiger partial charge on any atom is 0.364 e. The molecule has 9 heavy (non-hydrogen) atoms. The van der Waals surface area contributed by atoms with E-state index in [1.54, 1.807) is 13.8 Å². The third kappa shape index (κ3) is 11.8. The average molecular weight is 174 g/mol. The summed E-state index contributed by atoms with van der Waals surface area (Å²) in [7, 11) is -3.72. The summed E-state index contributed by atoms with van der Waals surface area (Å²) < 4.78 is 26.4. The van der Waals surface area contributed by atoms with Crippen molar-refractivity contribution in [3.8, 4) is 0 Å². The molecule has 0 saturated carbocycles. The predicted molar refractivity (Wildman–Crippen MR) is 41.2 cm³/mol. The minimum Gasteiger partial charge on any atom is -0.303 e. The topological polar surface area (TPSA) is 26.3 Å². The molecule has 0 N–H and O–H groups in total. The molecule has 1 atom stereocenters. The van der Waals surface area contributed by atoms with Crippen molar-refractivity contribution in [2.75, 3.05) is 6.66 Å². The van der Waals surface area contributed by atoms with E-state index in [4.69, 9.17) is 0 Å². The zero-order valence-electron chi connectivity index (χ0n) is 5.72. The molecule has 1 unspecified atom stereocenters. The van der Waals surface area contributed by atoms with E-state index in [0.717, 1.165) is 6.66 Å². The zero-order valence-corrected chi connectivity index (χ0v) is 7.61. The van der Waals surface area contributed by atoms with Gasteiger partial charge < -0.3 is 4.52 Å². The Bertz CT molecular complexity index is 111. The number of hydrogen-bond donors (Lipinski definition) is 0. The van der Waals surface area contributed by atoms with Gasteiger partial charge in [0.25, 0.3) is 0 Å². The molecule has 5 heteroatoms. The van der Waals surface area contributed by atoms with Gasteiger partial charge >= 0.3 is 7.68 Å². The van der Waals surface area contributed by atoms with Crippen LogP contribution >= 0.6 is 21.2 Å². The van der Waals surface area contributed by atoms with E-state index >= 15 is 0 Å². The largest absolute Gasteiger partial charge is 0.364 e. The van der Waals surface area contributed by atoms with Crippen LogP contribution in [0.2, 0.25) is 0 Å². The summed E-state index contributed by atoms with van der Waals surface area (Å²) in [4.78, 5) is 0. The van der Waals surface area contributed by atoms with Gasteiger partial charge in [-0.05, 0) is 13.8 Å². The van der Waals surface area contributed by atoms with Crippen molar-refractivity contribution in [1.82, 2.24) is 0 Å². The quantitative estimate of drug-likeness (QED) is 0.600. The molecule has 0 radical (unpaired) electrons. The lowest BCUT2D eigenvalue weighted by atomic mass is 10.5. The van der Waals surface area contributed by atoms with Crippen molar-refractivity contribution in [2.24, 2.45) is 0 Å². The number of hydrogen-bond acceptors (Lipinski definition) is 2. The summed E-state index contributed by atoms with van der Waals surface area (Å²) in [5, 5.41) is 0. The highest BCUT2D eigenvalue weighted by Gasteiger charge is 2.13. The zero-order chi connectivity index (χ0) is 6.78. The fourth-order valence-corrected chi connectivity index (χ4v) is 1.13. The Morgan fingerprint density at radius 1 is 1.56 bits per heavy atom. The summed E-state index contributed by atoms with van der Waals surface area (Å²) in [6.07, 6.45) is -0.296. The van der Waals surface area contributed by atoms with Gasteiger partial charge in [0, 0.05) is 6.66 Å². The fourth-order valence-electron chi connectivity index (χ4n) is 0.377. The van der Waals surface area contributed by atoms with Crippen LogP contribution in [0.1, 0.15) is 13.8 Å². The Balaban J connectivity index is 0. The SMILES string of the molecule is CC(C)OP(C)(=O)F.S. The van der Waals surface area contributed by atoms with E-state index in [9.17, 15) is 8.76 Å². The van der Waals surface area contributed by atoms with Crippen LogP contribution in [0.4, 0.5) is 4.20 Å². The van der Waals surface area contributed by atoms with Gasteiger partial charge in [0.1, 0.15) is 0 Å². The molecule has 0 amide bonds. The van der Waals surface area contributed by atoms with E-state index in [2.05, 4.69) is 4.52 Å². The Kier molecular flexibility index (Phi) is 5.83. The highest BCUT2D eigenvalue weighted by atomic mass is 32.1. The number of rotatable bonds is 2. The second kappa shape index (κ2) is 4.31. The van der Waals surface area contributed by atoms with Crippen LogP contribution in [-0.2, 0) is 9.09 Å². The Hall–Kier alpha value is 0.470. The van der Waals surface area contributed by atoms with Crippen molar-refractivity contribution < 1.29 is 13.3 Å². The van der Waals surface area contributed by atoms with Gasteiger partial charge in [-0.25, -0.2) is 0 Å². The molecule has 0 aliphatic carbocycles. The first-order valence-corrected chi connectivity index (χ1v) is 4.33. The lowest BCUT2D eigenvalue weighted by Gasteiger charge is -2.06. The average Bonchev–Trinajstić information content (AvgIpc) is 1.21. The van der Waals surface area contributed by atoms with E-state index in [1.807, 2.05) is 0 Å². The summed E-state index contributed by atoms with van der Waals surface area (Å²) in [5.74, 6) is 0. The predicted octanol–water partition coefficient (Wildman–Crippen LogP) is 2.32. The molecule has 0 aliphatic rings. The highest BCUT2D eigenvalue weighted by molar-refractivity contribution is 7.59. The maximum atomic E-state index is 12.0. The van der Waals surface area contributed by atoms with Gasteiger partial charge in [0.05, 0.1) is 6.10 Å². The van der Waals surface area contributed by atoms with Crippen LogP contribution in [-0.4, -0.2) is 12.8 Å². The molecule has 0 saturated heterocycles. The minimum atomic E-state index is -3.72. The van der Waals surface area contributed by atoms with Gasteiger partial charge in [-0.15, -0.1) is 0 Å². The molecule has 0 fully saturated rings. The van der Waals surface area contributed by atoms with Crippen LogP contribution in [0.15, 0.2) is 0 Å². The van der Waals surface area contributed by atoms with Gasteiger partial charge in [0.15, 0.2) is 0 Å². The van der Waals surface area contributed by atoms with Crippen molar-refractivity contribution in [1.29, 1.82) is 0 Å². The summed E-state index contributed by atoms with van der Waals surface area (Å²) in [6, 6.07) is 0. The fraction of sp³-hybridized carbons (Fsp3) is 1.00. The molecule has 0 aliphatic heterocycles.